The van der Waals surface area contributed by atoms with Crippen LogP contribution in [0.25, 0.3) is 0 Å². The van der Waals surface area contributed by atoms with Gasteiger partial charge in [0.2, 0.25) is 11.8 Å². The minimum atomic E-state index is -0.422. The molecule has 2 saturated heterocycles. The van der Waals surface area contributed by atoms with Crippen LogP contribution in [0.1, 0.15) is 46.0 Å². The molecule has 0 aliphatic carbocycles. The number of nitrogens with zero attached hydrogens (tertiary/aromatic N) is 2. The number of hydrogen-bond acceptors (Lipinski definition) is 2. The van der Waals surface area contributed by atoms with Crippen molar-refractivity contribution in [1.82, 2.24) is 9.80 Å². The van der Waals surface area contributed by atoms with Crippen molar-refractivity contribution >= 4 is 11.8 Å². The summed E-state index contributed by atoms with van der Waals surface area (Å²) in [5.41, 5.74) is 0. The Morgan fingerprint density at radius 2 is 2.11 bits per heavy atom. The second kappa shape index (κ2) is 5.64. The number of piperazine rings is 1. The topological polar surface area (TPSA) is 40.6 Å². The molecule has 0 aromatic rings. The molecule has 0 radical (unpaired) electrons. The molecular formula is C15H22N2O2. The maximum Gasteiger partial charge on any atom is 0.247 e. The minimum absolute atomic E-state index is 0.0446. The number of terminal acetylenes is 1. The number of amides is 2. The van der Waals surface area contributed by atoms with E-state index in [9.17, 15) is 9.59 Å². The van der Waals surface area contributed by atoms with Gasteiger partial charge in [-0.05, 0) is 32.6 Å². The predicted molar refractivity (Wildman–Crippen MR) is 73.2 cm³/mol. The van der Waals surface area contributed by atoms with Crippen molar-refractivity contribution in [3.63, 3.8) is 0 Å². The van der Waals surface area contributed by atoms with E-state index in [1.165, 1.54) is 0 Å². The van der Waals surface area contributed by atoms with Crippen molar-refractivity contribution in [2.75, 3.05) is 6.54 Å². The van der Waals surface area contributed by atoms with Gasteiger partial charge in [-0.15, -0.1) is 6.42 Å². The SMILES string of the molecule is C#CC(CCC)N1C(=O)C2CCCCN2C(=O)C1C. The monoisotopic (exact) mass is 262 g/mol. The van der Waals surface area contributed by atoms with Gasteiger partial charge in [-0.2, -0.15) is 0 Å². The molecule has 104 valence electrons. The van der Waals surface area contributed by atoms with Crippen LogP contribution < -0.4 is 0 Å². The van der Waals surface area contributed by atoms with Gasteiger partial charge in [0.15, 0.2) is 0 Å². The maximum atomic E-state index is 12.6. The van der Waals surface area contributed by atoms with E-state index < -0.39 is 6.04 Å². The molecule has 0 spiro atoms. The van der Waals surface area contributed by atoms with Crippen LogP contribution in [-0.2, 0) is 9.59 Å². The quantitative estimate of drug-likeness (QED) is 0.721. The zero-order chi connectivity index (χ0) is 14.0. The minimum Gasteiger partial charge on any atom is -0.329 e. The lowest BCUT2D eigenvalue weighted by molar-refractivity contribution is -0.164. The molecule has 0 bridgehead atoms. The molecule has 0 aromatic heterocycles. The Bertz CT molecular complexity index is 413. The summed E-state index contributed by atoms with van der Waals surface area (Å²) in [4.78, 5) is 28.4. The summed E-state index contributed by atoms with van der Waals surface area (Å²) in [5.74, 6) is 2.78. The van der Waals surface area contributed by atoms with E-state index in [1.54, 1.807) is 16.7 Å². The molecule has 4 nitrogen and oxygen atoms in total. The standard InChI is InChI=1S/C15H22N2O2/c1-4-8-12(5-2)17-11(3)14(18)16-10-7-6-9-13(16)15(17)19/h2,11-13H,4,6-10H2,1,3H3. The predicted octanol–water partition coefficient (Wildman–Crippen LogP) is 1.40. The number of rotatable bonds is 3. The third-order valence-corrected chi connectivity index (χ3v) is 4.19. The first kappa shape index (κ1) is 13.9. The summed E-state index contributed by atoms with van der Waals surface area (Å²) in [6.45, 7) is 4.55. The molecule has 3 unspecified atom stereocenters. The van der Waals surface area contributed by atoms with Gasteiger partial charge in [0.25, 0.3) is 0 Å². The fraction of sp³-hybridized carbons (Fsp3) is 0.733. The van der Waals surface area contributed by atoms with Gasteiger partial charge in [0.1, 0.15) is 12.1 Å². The molecule has 0 N–H and O–H groups in total. The largest absolute Gasteiger partial charge is 0.329 e. The Labute approximate surface area is 115 Å². The summed E-state index contributed by atoms with van der Waals surface area (Å²) in [6, 6.07) is -0.944. The van der Waals surface area contributed by atoms with E-state index in [0.29, 0.717) is 6.54 Å². The van der Waals surface area contributed by atoms with Crippen LogP contribution in [0.5, 0.6) is 0 Å². The first-order valence-corrected chi connectivity index (χ1v) is 7.20. The molecule has 2 aliphatic heterocycles. The number of carbonyl (C=O) groups is 2. The third kappa shape index (κ3) is 2.34. The van der Waals surface area contributed by atoms with Gasteiger partial charge in [0, 0.05) is 6.54 Å². The van der Waals surface area contributed by atoms with Crippen LogP contribution >= 0.6 is 0 Å². The fourth-order valence-corrected chi connectivity index (χ4v) is 3.17. The second-order valence-corrected chi connectivity index (χ2v) is 5.44. The Balaban J connectivity index is 2.26. The lowest BCUT2D eigenvalue weighted by atomic mass is 9.94. The molecule has 4 heteroatoms. The summed E-state index contributed by atoms with van der Waals surface area (Å²) in [5, 5.41) is 0. The van der Waals surface area contributed by atoms with E-state index in [1.807, 2.05) is 6.92 Å². The van der Waals surface area contributed by atoms with Gasteiger partial charge < -0.3 is 9.80 Å². The second-order valence-electron chi connectivity index (χ2n) is 5.44. The Morgan fingerprint density at radius 1 is 1.37 bits per heavy atom. The van der Waals surface area contributed by atoms with E-state index >= 15 is 0 Å². The van der Waals surface area contributed by atoms with Gasteiger partial charge in [-0.3, -0.25) is 9.59 Å². The number of fused-ring (bicyclic) bond motifs is 1. The summed E-state index contributed by atoms with van der Waals surface area (Å²) in [6.07, 6.45) is 10.0. The third-order valence-electron chi connectivity index (χ3n) is 4.19. The molecule has 0 aromatic carbocycles. The van der Waals surface area contributed by atoms with Crippen molar-refractivity contribution in [3.8, 4) is 12.3 Å². The van der Waals surface area contributed by atoms with Crippen molar-refractivity contribution in [2.45, 2.75) is 64.1 Å². The molecule has 2 fully saturated rings. The Morgan fingerprint density at radius 3 is 2.74 bits per heavy atom. The Kier molecular flexibility index (Phi) is 4.14. The highest BCUT2D eigenvalue weighted by molar-refractivity contribution is 5.97. The molecule has 2 aliphatic rings. The van der Waals surface area contributed by atoms with Gasteiger partial charge in [-0.1, -0.05) is 19.3 Å². The highest BCUT2D eigenvalue weighted by atomic mass is 16.2. The first-order valence-electron chi connectivity index (χ1n) is 7.20. The van der Waals surface area contributed by atoms with Crippen LogP contribution in [-0.4, -0.2) is 46.3 Å². The molecule has 2 heterocycles. The summed E-state index contributed by atoms with van der Waals surface area (Å²) >= 11 is 0. The number of piperidine rings is 1. The van der Waals surface area contributed by atoms with Crippen molar-refractivity contribution < 1.29 is 9.59 Å². The highest BCUT2D eigenvalue weighted by Gasteiger charge is 2.46. The number of hydrogen-bond donors (Lipinski definition) is 0. The molecule has 2 amide bonds. The van der Waals surface area contributed by atoms with E-state index in [4.69, 9.17) is 6.42 Å². The lowest BCUT2D eigenvalue weighted by Crippen LogP contribution is -2.66. The molecule has 3 atom stereocenters. The van der Waals surface area contributed by atoms with Crippen LogP contribution in [0.2, 0.25) is 0 Å². The van der Waals surface area contributed by atoms with Crippen LogP contribution in [0, 0.1) is 12.3 Å². The van der Waals surface area contributed by atoms with E-state index in [2.05, 4.69) is 5.92 Å². The van der Waals surface area contributed by atoms with Crippen molar-refractivity contribution in [1.29, 1.82) is 0 Å². The van der Waals surface area contributed by atoms with E-state index in [0.717, 1.165) is 32.1 Å². The van der Waals surface area contributed by atoms with Crippen molar-refractivity contribution in [3.05, 3.63) is 0 Å². The van der Waals surface area contributed by atoms with Crippen molar-refractivity contribution in [2.24, 2.45) is 0 Å². The maximum absolute atomic E-state index is 12.6. The number of carbonyl (C=O) groups excluding carboxylic acids is 2. The molecular weight excluding hydrogens is 240 g/mol. The van der Waals surface area contributed by atoms with Crippen LogP contribution in [0.4, 0.5) is 0 Å². The molecule has 19 heavy (non-hydrogen) atoms. The lowest BCUT2D eigenvalue weighted by Gasteiger charge is -2.47. The smallest absolute Gasteiger partial charge is 0.247 e. The van der Waals surface area contributed by atoms with E-state index in [-0.39, 0.29) is 23.9 Å². The first-order chi connectivity index (χ1) is 9.11. The van der Waals surface area contributed by atoms with Crippen LogP contribution in [0.3, 0.4) is 0 Å². The Hall–Kier alpha value is -1.50. The zero-order valence-electron chi connectivity index (χ0n) is 11.8. The highest BCUT2D eigenvalue weighted by Crippen LogP contribution is 2.28. The summed E-state index contributed by atoms with van der Waals surface area (Å²) in [7, 11) is 0. The van der Waals surface area contributed by atoms with Crippen LogP contribution in [0.15, 0.2) is 0 Å². The average Bonchev–Trinajstić information content (AvgIpc) is 2.44. The normalized spacial score (nSPS) is 28.9. The zero-order valence-corrected chi connectivity index (χ0v) is 11.8. The molecule has 2 rings (SSSR count). The van der Waals surface area contributed by atoms with Gasteiger partial charge in [0.05, 0.1) is 6.04 Å². The molecule has 0 saturated carbocycles. The average molecular weight is 262 g/mol. The summed E-state index contributed by atoms with van der Waals surface area (Å²) < 4.78 is 0. The fourth-order valence-electron chi connectivity index (χ4n) is 3.17. The van der Waals surface area contributed by atoms with Gasteiger partial charge in [-0.25, -0.2) is 0 Å². The van der Waals surface area contributed by atoms with Gasteiger partial charge >= 0.3 is 0 Å².